The van der Waals surface area contributed by atoms with Crippen LogP contribution in [0.5, 0.6) is 11.5 Å². The van der Waals surface area contributed by atoms with Crippen LogP contribution in [0.2, 0.25) is 0 Å². The summed E-state index contributed by atoms with van der Waals surface area (Å²) < 4.78 is 0. The zero-order valence-corrected chi connectivity index (χ0v) is 16.7. The molecule has 3 aromatic carbocycles. The van der Waals surface area contributed by atoms with Crippen molar-refractivity contribution in [1.29, 1.82) is 0 Å². The van der Waals surface area contributed by atoms with Gasteiger partial charge in [-0.2, -0.15) is 0 Å². The lowest BCUT2D eigenvalue weighted by Crippen LogP contribution is -1.94. The fourth-order valence-corrected chi connectivity index (χ4v) is 3.99. The Kier molecular flexibility index (Phi) is 4.14. The zero-order valence-electron chi connectivity index (χ0n) is 16.7. The van der Waals surface area contributed by atoms with Crippen molar-refractivity contribution in [3.05, 3.63) is 84.2 Å². The van der Waals surface area contributed by atoms with E-state index in [0.717, 1.165) is 55.4 Å². The van der Waals surface area contributed by atoms with E-state index >= 15 is 0 Å². The van der Waals surface area contributed by atoms with E-state index in [4.69, 9.17) is 9.97 Å². The van der Waals surface area contributed by atoms with Gasteiger partial charge in [-0.1, -0.05) is 36.4 Å². The Hall–Kier alpha value is -3.92. The Bertz CT molecular complexity index is 1300. The molecule has 5 aromatic rings. The highest BCUT2D eigenvalue weighted by Crippen LogP contribution is 2.36. The van der Waals surface area contributed by atoms with Crippen LogP contribution in [0.3, 0.4) is 0 Å². The van der Waals surface area contributed by atoms with Gasteiger partial charge in [0.25, 0.3) is 0 Å². The van der Waals surface area contributed by atoms with Crippen molar-refractivity contribution in [1.82, 2.24) is 9.97 Å². The largest absolute Gasteiger partial charge is 0.508 e. The molecule has 30 heavy (non-hydrogen) atoms. The van der Waals surface area contributed by atoms with Gasteiger partial charge in [0.2, 0.25) is 0 Å². The SMILES string of the molecule is Cc1cc(-c2ccc(O)cc2)c2ccc3c(-c4ccc(O)cc4)cc(C)nc3c2n1. The summed E-state index contributed by atoms with van der Waals surface area (Å²) in [6.07, 6.45) is 0. The number of hydrogen-bond acceptors (Lipinski definition) is 4. The van der Waals surface area contributed by atoms with Crippen LogP contribution in [-0.2, 0) is 0 Å². The molecule has 0 saturated heterocycles. The minimum absolute atomic E-state index is 0.245. The number of nitrogens with zero attached hydrogens (tertiary/aromatic N) is 2. The van der Waals surface area contributed by atoms with Crippen LogP contribution in [0, 0.1) is 13.8 Å². The van der Waals surface area contributed by atoms with Crippen LogP contribution in [-0.4, -0.2) is 20.2 Å². The maximum absolute atomic E-state index is 9.66. The van der Waals surface area contributed by atoms with Crippen molar-refractivity contribution in [2.24, 2.45) is 0 Å². The van der Waals surface area contributed by atoms with Crippen molar-refractivity contribution < 1.29 is 10.2 Å². The van der Waals surface area contributed by atoms with Crippen molar-refractivity contribution in [3.8, 4) is 33.8 Å². The minimum Gasteiger partial charge on any atom is -0.508 e. The summed E-state index contributed by atoms with van der Waals surface area (Å²) in [4.78, 5) is 9.69. The van der Waals surface area contributed by atoms with Crippen LogP contribution in [0.25, 0.3) is 44.1 Å². The van der Waals surface area contributed by atoms with E-state index in [2.05, 4.69) is 24.3 Å². The fourth-order valence-electron chi connectivity index (χ4n) is 3.99. The molecule has 0 atom stereocenters. The van der Waals surface area contributed by atoms with Gasteiger partial charge in [0, 0.05) is 22.2 Å². The normalized spacial score (nSPS) is 11.3. The van der Waals surface area contributed by atoms with Gasteiger partial charge in [-0.25, -0.2) is 0 Å². The highest BCUT2D eigenvalue weighted by atomic mass is 16.3. The van der Waals surface area contributed by atoms with Crippen LogP contribution >= 0.6 is 0 Å². The third-order valence-corrected chi connectivity index (χ3v) is 5.37. The number of aromatic hydroxyl groups is 2. The summed E-state index contributed by atoms with van der Waals surface area (Å²) in [5, 5.41) is 21.4. The molecule has 2 N–H and O–H groups in total. The molecule has 0 aliphatic heterocycles. The molecule has 4 heteroatoms. The van der Waals surface area contributed by atoms with E-state index in [0.29, 0.717) is 0 Å². The van der Waals surface area contributed by atoms with Gasteiger partial charge < -0.3 is 10.2 Å². The quantitative estimate of drug-likeness (QED) is 0.354. The van der Waals surface area contributed by atoms with E-state index in [9.17, 15) is 10.2 Å². The lowest BCUT2D eigenvalue weighted by Gasteiger charge is -2.13. The maximum atomic E-state index is 9.66. The maximum Gasteiger partial charge on any atom is 0.115 e. The average Bonchev–Trinajstić information content (AvgIpc) is 2.74. The van der Waals surface area contributed by atoms with E-state index in [1.807, 2.05) is 38.1 Å². The third-order valence-electron chi connectivity index (χ3n) is 5.37. The van der Waals surface area contributed by atoms with Gasteiger partial charge in [0.05, 0.1) is 11.0 Å². The van der Waals surface area contributed by atoms with Crippen molar-refractivity contribution >= 4 is 21.8 Å². The molecule has 0 bridgehead atoms. The van der Waals surface area contributed by atoms with Gasteiger partial charge in [-0.15, -0.1) is 0 Å². The van der Waals surface area contributed by atoms with E-state index < -0.39 is 0 Å². The monoisotopic (exact) mass is 392 g/mol. The first-order valence-electron chi connectivity index (χ1n) is 9.80. The molecule has 4 nitrogen and oxygen atoms in total. The molecular weight excluding hydrogens is 372 g/mol. The Morgan fingerprint density at radius 1 is 0.533 bits per heavy atom. The predicted octanol–water partition coefficient (Wildman–Crippen LogP) is 6.15. The fraction of sp³-hybridized carbons (Fsp3) is 0.0769. The summed E-state index contributed by atoms with van der Waals surface area (Å²) in [7, 11) is 0. The lowest BCUT2D eigenvalue weighted by molar-refractivity contribution is 0.475. The van der Waals surface area contributed by atoms with Gasteiger partial charge in [-0.05, 0) is 72.5 Å². The second-order valence-corrected chi connectivity index (χ2v) is 7.57. The van der Waals surface area contributed by atoms with Gasteiger partial charge in [0.15, 0.2) is 0 Å². The second-order valence-electron chi connectivity index (χ2n) is 7.57. The van der Waals surface area contributed by atoms with Crippen LogP contribution < -0.4 is 0 Å². The zero-order chi connectivity index (χ0) is 20.8. The van der Waals surface area contributed by atoms with Crippen molar-refractivity contribution in [3.63, 3.8) is 0 Å². The summed E-state index contributed by atoms with van der Waals surface area (Å²) in [6, 6.07) is 22.8. The Morgan fingerprint density at radius 2 is 0.900 bits per heavy atom. The third kappa shape index (κ3) is 3.03. The number of phenolic OH excluding ortho intramolecular Hbond substituents is 2. The molecule has 146 valence electrons. The predicted molar refractivity (Wildman–Crippen MR) is 121 cm³/mol. The van der Waals surface area contributed by atoms with Gasteiger partial charge in [0.1, 0.15) is 11.5 Å². The molecule has 5 rings (SSSR count). The summed E-state index contributed by atoms with van der Waals surface area (Å²) in [6.45, 7) is 3.97. The smallest absolute Gasteiger partial charge is 0.115 e. The molecule has 0 radical (unpaired) electrons. The first-order valence-corrected chi connectivity index (χ1v) is 9.80. The number of aromatic nitrogens is 2. The van der Waals surface area contributed by atoms with Crippen LogP contribution in [0.15, 0.2) is 72.8 Å². The molecule has 2 heterocycles. The molecule has 0 fully saturated rings. The lowest BCUT2D eigenvalue weighted by atomic mass is 9.95. The Labute approximate surface area is 174 Å². The highest BCUT2D eigenvalue weighted by molar-refractivity contribution is 6.12. The molecule has 2 aromatic heterocycles. The second kappa shape index (κ2) is 6.85. The molecule has 0 amide bonds. The molecule has 0 spiro atoms. The number of aryl methyl sites for hydroxylation is 2. The number of hydrogen-bond donors (Lipinski definition) is 2. The Morgan fingerprint density at radius 3 is 1.27 bits per heavy atom. The van der Waals surface area contributed by atoms with E-state index in [1.165, 1.54) is 0 Å². The van der Waals surface area contributed by atoms with Crippen molar-refractivity contribution in [2.45, 2.75) is 13.8 Å². The number of fused-ring (bicyclic) bond motifs is 3. The number of pyridine rings is 2. The van der Waals surface area contributed by atoms with Crippen LogP contribution in [0.4, 0.5) is 0 Å². The molecule has 0 aliphatic rings. The average molecular weight is 392 g/mol. The molecule has 0 aliphatic carbocycles. The number of rotatable bonds is 2. The summed E-state index contributed by atoms with van der Waals surface area (Å²) in [5.41, 5.74) is 7.71. The number of phenols is 2. The number of benzene rings is 3. The highest BCUT2D eigenvalue weighted by Gasteiger charge is 2.14. The first-order chi connectivity index (χ1) is 14.5. The van der Waals surface area contributed by atoms with E-state index in [-0.39, 0.29) is 11.5 Å². The van der Waals surface area contributed by atoms with Crippen LogP contribution in [0.1, 0.15) is 11.4 Å². The topological polar surface area (TPSA) is 66.2 Å². The molecule has 0 saturated carbocycles. The standard InChI is InChI=1S/C26H20N2O2/c1-15-13-23(17-3-7-19(29)8-4-17)21-11-12-22-24(18-5-9-20(30)10-6-18)14-16(2)28-26(22)25(21)27-15/h3-14,29-30H,1-2H3. The molecular formula is C26H20N2O2. The van der Waals surface area contributed by atoms with Crippen molar-refractivity contribution in [2.75, 3.05) is 0 Å². The van der Waals surface area contributed by atoms with E-state index in [1.54, 1.807) is 24.3 Å². The van der Waals surface area contributed by atoms with Gasteiger partial charge in [-0.3, -0.25) is 9.97 Å². The summed E-state index contributed by atoms with van der Waals surface area (Å²) >= 11 is 0. The molecule has 0 unspecified atom stereocenters. The first kappa shape index (κ1) is 18.1. The summed E-state index contributed by atoms with van der Waals surface area (Å²) in [5.74, 6) is 0.491. The minimum atomic E-state index is 0.245. The van der Waals surface area contributed by atoms with Gasteiger partial charge >= 0.3 is 0 Å². The Balaban J connectivity index is 1.84.